The van der Waals surface area contributed by atoms with E-state index in [0.717, 1.165) is 9.88 Å². The van der Waals surface area contributed by atoms with E-state index in [1.165, 1.54) is 11.3 Å². The summed E-state index contributed by atoms with van der Waals surface area (Å²) in [4.78, 5) is 30.3. The molecule has 0 bridgehead atoms. The molecule has 0 aliphatic rings. The van der Waals surface area contributed by atoms with Crippen molar-refractivity contribution in [1.82, 2.24) is 9.88 Å². The fourth-order valence-corrected chi connectivity index (χ4v) is 3.04. The Hall–Kier alpha value is -1.73. The Morgan fingerprint density at radius 2 is 2.19 bits per heavy atom. The lowest BCUT2D eigenvalue weighted by molar-refractivity contribution is -0.151. The number of carbonyl (C=O) groups is 2. The smallest absolute Gasteiger partial charge is 0.312 e. The highest BCUT2D eigenvalue weighted by molar-refractivity contribution is 7.10. The van der Waals surface area contributed by atoms with Gasteiger partial charge in [-0.05, 0) is 18.4 Å². The summed E-state index contributed by atoms with van der Waals surface area (Å²) in [5.74, 6) is -0.649. The maximum absolute atomic E-state index is 11.9. The van der Waals surface area contributed by atoms with E-state index in [2.05, 4.69) is 4.98 Å². The molecule has 0 spiro atoms. The van der Waals surface area contributed by atoms with Crippen LogP contribution >= 0.6 is 22.7 Å². The minimum atomic E-state index is -0.432. The third-order valence-electron chi connectivity index (χ3n) is 2.75. The molecule has 7 heteroatoms. The molecule has 0 aromatic carbocycles. The molecular weight excluding hydrogens is 308 g/mol. The number of aryl methyl sites for hydroxylation is 1. The van der Waals surface area contributed by atoms with Crippen LogP contribution < -0.4 is 0 Å². The summed E-state index contributed by atoms with van der Waals surface area (Å²) in [6.45, 7) is 2.17. The zero-order valence-corrected chi connectivity index (χ0v) is 13.5. The lowest BCUT2D eigenvalue weighted by atomic mass is 10.3. The number of hydrogen-bond donors (Lipinski definition) is 0. The van der Waals surface area contributed by atoms with Gasteiger partial charge in [-0.3, -0.25) is 9.59 Å². The zero-order chi connectivity index (χ0) is 15.2. The van der Waals surface area contributed by atoms with Crippen LogP contribution in [0.4, 0.5) is 0 Å². The van der Waals surface area contributed by atoms with Crippen molar-refractivity contribution in [3.8, 4) is 0 Å². The van der Waals surface area contributed by atoms with Crippen molar-refractivity contribution in [2.24, 2.45) is 0 Å². The van der Waals surface area contributed by atoms with Crippen LogP contribution in [0.5, 0.6) is 0 Å². The van der Waals surface area contributed by atoms with Gasteiger partial charge in [-0.25, -0.2) is 4.98 Å². The van der Waals surface area contributed by atoms with Crippen LogP contribution in [0, 0.1) is 6.92 Å². The van der Waals surface area contributed by atoms with Gasteiger partial charge in [0, 0.05) is 17.3 Å². The average Bonchev–Trinajstić information content (AvgIpc) is 3.08. The Balaban J connectivity index is 1.74. The first-order chi connectivity index (χ1) is 10.0. The van der Waals surface area contributed by atoms with E-state index in [4.69, 9.17) is 4.74 Å². The molecule has 2 aromatic rings. The molecule has 0 fully saturated rings. The summed E-state index contributed by atoms with van der Waals surface area (Å²) in [5.41, 5.74) is 0.682. The van der Waals surface area contributed by atoms with Gasteiger partial charge in [0.25, 0.3) is 5.91 Å². The number of esters is 1. The first-order valence-corrected chi connectivity index (χ1v) is 8.13. The van der Waals surface area contributed by atoms with Crippen LogP contribution in [0.25, 0.3) is 0 Å². The van der Waals surface area contributed by atoms with Gasteiger partial charge in [-0.15, -0.1) is 22.7 Å². The van der Waals surface area contributed by atoms with E-state index < -0.39 is 5.97 Å². The van der Waals surface area contributed by atoms with Crippen LogP contribution in [-0.4, -0.2) is 35.4 Å². The minimum Gasteiger partial charge on any atom is -0.455 e. The van der Waals surface area contributed by atoms with Crippen LogP contribution in [0.2, 0.25) is 0 Å². The highest BCUT2D eigenvalue weighted by atomic mass is 32.1. The van der Waals surface area contributed by atoms with Gasteiger partial charge in [0.1, 0.15) is 0 Å². The fourth-order valence-electron chi connectivity index (χ4n) is 1.67. The lowest BCUT2D eigenvalue weighted by Crippen LogP contribution is -2.30. The van der Waals surface area contributed by atoms with Crippen molar-refractivity contribution in [2.75, 3.05) is 13.7 Å². The second-order valence-corrected chi connectivity index (χ2v) is 6.62. The van der Waals surface area contributed by atoms with Crippen LogP contribution in [0.15, 0.2) is 22.9 Å². The summed E-state index contributed by atoms with van der Waals surface area (Å²) in [6, 6.07) is 3.90. The van der Waals surface area contributed by atoms with E-state index in [0.29, 0.717) is 12.2 Å². The van der Waals surface area contributed by atoms with Crippen molar-refractivity contribution in [2.45, 2.75) is 19.9 Å². The third-order valence-corrected chi connectivity index (χ3v) is 4.43. The number of carbonyl (C=O) groups excluding carboxylic acids is 2. The van der Waals surface area contributed by atoms with Crippen molar-refractivity contribution in [1.29, 1.82) is 0 Å². The second-order valence-electron chi connectivity index (χ2n) is 4.52. The molecule has 2 rings (SSSR count). The topological polar surface area (TPSA) is 59.5 Å². The van der Waals surface area contributed by atoms with Crippen LogP contribution in [0.3, 0.4) is 0 Å². The van der Waals surface area contributed by atoms with Crippen LogP contribution in [-0.2, 0) is 27.3 Å². The Bertz CT molecular complexity index is 608. The van der Waals surface area contributed by atoms with Crippen molar-refractivity contribution in [3.05, 3.63) is 38.5 Å². The summed E-state index contributed by atoms with van der Waals surface area (Å²) in [6.07, 6.45) is 0.103. The summed E-state index contributed by atoms with van der Waals surface area (Å²) < 4.78 is 5.00. The summed E-state index contributed by atoms with van der Waals surface area (Å²) in [7, 11) is 1.69. The summed E-state index contributed by atoms with van der Waals surface area (Å²) in [5, 5.41) is 4.69. The number of thiazole rings is 1. The molecular formula is C14H16N2O3S2. The second kappa shape index (κ2) is 7.33. The molecule has 0 saturated carbocycles. The number of rotatable bonds is 6. The molecule has 112 valence electrons. The van der Waals surface area contributed by atoms with Gasteiger partial charge < -0.3 is 9.64 Å². The minimum absolute atomic E-state index is 0.103. The Kier molecular flexibility index (Phi) is 5.46. The molecule has 0 radical (unpaired) electrons. The third kappa shape index (κ3) is 4.95. The lowest BCUT2D eigenvalue weighted by Gasteiger charge is -2.15. The Labute approximate surface area is 131 Å². The molecule has 1 amide bonds. The van der Waals surface area contributed by atoms with Gasteiger partial charge in [-0.2, -0.15) is 0 Å². The molecule has 0 aliphatic heterocycles. The number of aromatic nitrogens is 1. The molecule has 0 aliphatic carbocycles. The number of likely N-dealkylation sites (N-methyl/N-ethyl adjacent to an activating group) is 1. The van der Waals surface area contributed by atoms with Gasteiger partial charge in [-0.1, -0.05) is 6.07 Å². The number of hydrogen-bond acceptors (Lipinski definition) is 6. The first kappa shape index (κ1) is 15.7. The van der Waals surface area contributed by atoms with Gasteiger partial charge in [0.15, 0.2) is 6.61 Å². The normalized spacial score (nSPS) is 10.4. The molecule has 21 heavy (non-hydrogen) atoms. The largest absolute Gasteiger partial charge is 0.455 e. The Morgan fingerprint density at radius 3 is 2.81 bits per heavy atom. The van der Waals surface area contributed by atoms with E-state index >= 15 is 0 Å². The SMILES string of the molecule is Cc1nc(CC(=O)OCC(=O)N(C)Cc2cccs2)cs1. The van der Waals surface area contributed by atoms with E-state index in [9.17, 15) is 9.59 Å². The van der Waals surface area contributed by atoms with E-state index in [1.807, 2.05) is 29.8 Å². The highest BCUT2D eigenvalue weighted by Crippen LogP contribution is 2.11. The average molecular weight is 324 g/mol. The maximum Gasteiger partial charge on any atom is 0.312 e. The van der Waals surface area contributed by atoms with Gasteiger partial charge in [0.05, 0.1) is 23.7 Å². The predicted molar refractivity (Wildman–Crippen MR) is 82.3 cm³/mol. The Morgan fingerprint density at radius 1 is 1.38 bits per heavy atom. The zero-order valence-electron chi connectivity index (χ0n) is 11.9. The summed E-state index contributed by atoms with van der Waals surface area (Å²) >= 11 is 3.07. The van der Waals surface area contributed by atoms with Crippen LogP contribution in [0.1, 0.15) is 15.6 Å². The molecule has 0 atom stereocenters. The first-order valence-electron chi connectivity index (χ1n) is 6.37. The standard InChI is InChI=1S/C14H16N2O3S2/c1-10-15-11(9-21-10)6-14(18)19-8-13(17)16(2)7-12-4-3-5-20-12/h3-5,9H,6-8H2,1-2H3. The molecule has 0 unspecified atom stereocenters. The molecule has 5 nitrogen and oxygen atoms in total. The molecule has 0 saturated heterocycles. The number of amides is 1. The fraction of sp³-hybridized carbons (Fsp3) is 0.357. The number of ether oxygens (including phenoxy) is 1. The van der Waals surface area contributed by atoms with Gasteiger partial charge in [0.2, 0.25) is 0 Å². The van der Waals surface area contributed by atoms with Gasteiger partial charge >= 0.3 is 5.97 Å². The van der Waals surface area contributed by atoms with Crippen molar-refractivity contribution >= 4 is 34.6 Å². The predicted octanol–water partition coefficient (Wildman–Crippen LogP) is 2.26. The quantitative estimate of drug-likeness (QED) is 0.765. The molecule has 2 aromatic heterocycles. The van der Waals surface area contributed by atoms with Crippen molar-refractivity contribution < 1.29 is 14.3 Å². The van der Waals surface area contributed by atoms with E-state index in [1.54, 1.807) is 23.3 Å². The highest BCUT2D eigenvalue weighted by Gasteiger charge is 2.14. The maximum atomic E-state index is 11.9. The molecule has 2 heterocycles. The molecule has 0 N–H and O–H groups in total. The number of nitrogens with zero attached hydrogens (tertiary/aromatic N) is 2. The van der Waals surface area contributed by atoms with Crippen molar-refractivity contribution in [3.63, 3.8) is 0 Å². The number of thiophene rings is 1. The van der Waals surface area contributed by atoms with E-state index in [-0.39, 0.29) is 18.9 Å². The monoisotopic (exact) mass is 324 g/mol.